The molecule has 2 N–H and O–H groups in total. The van der Waals surface area contributed by atoms with Gasteiger partial charge in [-0.25, -0.2) is 4.39 Å². The highest BCUT2D eigenvalue weighted by atomic mass is 19.1. The fourth-order valence-electron chi connectivity index (χ4n) is 1.48. The summed E-state index contributed by atoms with van der Waals surface area (Å²) in [4.78, 5) is 0. The Labute approximate surface area is 78.8 Å². The highest BCUT2D eigenvalue weighted by Crippen LogP contribution is 2.22. The van der Waals surface area contributed by atoms with E-state index in [1.807, 2.05) is 12.2 Å². The molecular formula is C11H16FN. The zero-order valence-corrected chi connectivity index (χ0v) is 7.75. The van der Waals surface area contributed by atoms with Crippen LogP contribution in [0.4, 0.5) is 4.39 Å². The van der Waals surface area contributed by atoms with Gasteiger partial charge in [0.15, 0.2) is 0 Å². The molecule has 0 bridgehead atoms. The molecule has 0 aromatic carbocycles. The Bertz CT molecular complexity index is 228. The molecule has 1 rings (SSSR count). The van der Waals surface area contributed by atoms with Crippen LogP contribution in [0.25, 0.3) is 0 Å². The van der Waals surface area contributed by atoms with Crippen LogP contribution in [-0.2, 0) is 0 Å². The number of hydrogen-bond donors (Lipinski definition) is 1. The average Bonchev–Trinajstić information content (AvgIpc) is 2.13. The first-order valence-corrected chi connectivity index (χ1v) is 4.70. The van der Waals surface area contributed by atoms with E-state index in [2.05, 4.69) is 0 Å². The van der Waals surface area contributed by atoms with Crippen LogP contribution in [-0.4, -0.2) is 6.17 Å². The molecule has 0 unspecified atom stereocenters. The summed E-state index contributed by atoms with van der Waals surface area (Å²) in [6.07, 6.45) is 11.8. The second-order valence-electron chi connectivity index (χ2n) is 3.25. The maximum absolute atomic E-state index is 12.9. The van der Waals surface area contributed by atoms with E-state index >= 15 is 0 Å². The largest absolute Gasteiger partial charge is 0.405 e. The number of allylic oxidation sites excluding steroid dienone is 5. The van der Waals surface area contributed by atoms with Crippen LogP contribution in [0.15, 0.2) is 36.1 Å². The molecule has 0 amide bonds. The molecule has 0 fully saturated rings. The van der Waals surface area contributed by atoms with Gasteiger partial charge >= 0.3 is 0 Å². The second-order valence-corrected chi connectivity index (χ2v) is 3.25. The Hall–Kier alpha value is -1.05. The number of alkyl halides is 1. The number of hydrogen-bond acceptors (Lipinski definition) is 1. The van der Waals surface area contributed by atoms with Crippen LogP contribution in [0.2, 0.25) is 0 Å². The molecule has 0 saturated carbocycles. The highest BCUT2D eigenvalue weighted by molar-refractivity contribution is 5.14. The Morgan fingerprint density at radius 1 is 1.54 bits per heavy atom. The van der Waals surface area contributed by atoms with Crippen molar-refractivity contribution in [2.45, 2.75) is 31.9 Å². The van der Waals surface area contributed by atoms with Gasteiger partial charge in [0.2, 0.25) is 0 Å². The van der Waals surface area contributed by atoms with E-state index in [4.69, 9.17) is 5.73 Å². The molecule has 0 saturated heterocycles. The maximum atomic E-state index is 12.9. The lowest BCUT2D eigenvalue weighted by molar-refractivity contribution is 0.355. The second kappa shape index (κ2) is 5.57. The summed E-state index contributed by atoms with van der Waals surface area (Å²) in [5.74, 6) is 0. The third-order valence-corrected chi connectivity index (χ3v) is 2.13. The zero-order chi connectivity index (χ0) is 9.52. The van der Waals surface area contributed by atoms with Gasteiger partial charge in [-0.15, -0.1) is 0 Å². The molecular weight excluding hydrogens is 165 g/mol. The summed E-state index contributed by atoms with van der Waals surface area (Å²) in [5.41, 5.74) is 6.37. The van der Waals surface area contributed by atoms with Crippen LogP contribution in [0.3, 0.4) is 0 Å². The monoisotopic (exact) mass is 181 g/mol. The average molecular weight is 181 g/mol. The molecule has 1 aliphatic carbocycles. The molecule has 72 valence electrons. The molecule has 2 heteroatoms. The summed E-state index contributed by atoms with van der Waals surface area (Å²) in [6, 6.07) is 0. The normalized spacial score (nSPS) is 24.1. The van der Waals surface area contributed by atoms with Crippen LogP contribution >= 0.6 is 0 Å². The van der Waals surface area contributed by atoms with E-state index in [0.29, 0.717) is 6.42 Å². The number of rotatable bonds is 3. The Kier molecular flexibility index (Phi) is 4.30. The summed E-state index contributed by atoms with van der Waals surface area (Å²) in [7, 11) is 0. The van der Waals surface area contributed by atoms with Gasteiger partial charge in [-0.3, -0.25) is 0 Å². The first-order chi connectivity index (χ1) is 6.33. The molecule has 0 aromatic heterocycles. The minimum atomic E-state index is -0.720. The molecule has 0 aromatic rings. The maximum Gasteiger partial charge on any atom is 0.119 e. The standard InChI is InChI=1S/C11H16FN/c12-11-7-4-6-10(9-11)5-2-1-3-8-13/h1-3,8-9,11H,4-7,13H2/b2-1-,8-3-/t11-/m0/s1. The summed E-state index contributed by atoms with van der Waals surface area (Å²) in [6.45, 7) is 0. The molecule has 0 spiro atoms. The van der Waals surface area contributed by atoms with Gasteiger partial charge in [-0.1, -0.05) is 23.8 Å². The van der Waals surface area contributed by atoms with Gasteiger partial charge in [0, 0.05) is 0 Å². The first-order valence-electron chi connectivity index (χ1n) is 4.70. The lowest BCUT2D eigenvalue weighted by Gasteiger charge is -2.13. The zero-order valence-electron chi connectivity index (χ0n) is 7.75. The van der Waals surface area contributed by atoms with Crippen molar-refractivity contribution in [2.24, 2.45) is 5.73 Å². The van der Waals surface area contributed by atoms with Gasteiger partial charge in [-0.2, -0.15) is 0 Å². The number of nitrogens with two attached hydrogens (primary N) is 1. The van der Waals surface area contributed by atoms with Gasteiger partial charge in [0.05, 0.1) is 0 Å². The van der Waals surface area contributed by atoms with Crippen molar-refractivity contribution in [3.05, 3.63) is 36.1 Å². The molecule has 1 atom stereocenters. The van der Waals surface area contributed by atoms with Crippen molar-refractivity contribution >= 4 is 0 Å². The van der Waals surface area contributed by atoms with Crippen molar-refractivity contribution in [1.29, 1.82) is 0 Å². The van der Waals surface area contributed by atoms with E-state index in [-0.39, 0.29) is 0 Å². The Balaban J connectivity index is 2.35. The highest BCUT2D eigenvalue weighted by Gasteiger charge is 2.10. The van der Waals surface area contributed by atoms with Crippen LogP contribution in [0.5, 0.6) is 0 Å². The Morgan fingerprint density at radius 3 is 3.08 bits per heavy atom. The van der Waals surface area contributed by atoms with E-state index in [0.717, 1.165) is 19.3 Å². The third-order valence-electron chi connectivity index (χ3n) is 2.13. The molecule has 0 radical (unpaired) electrons. The fourth-order valence-corrected chi connectivity index (χ4v) is 1.48. The smallest absolute Gasteiger partial charge is 0.119 e. The van der Waals surface area contributed by atoms with Gasteiger partial charge < -0.3 is 5.73 Å². The van der Waals surface area contributed by atoms with E-state index < -0.39 is 6.17 Å². The predicted molar refractivity (Wildman–Crippen MR) is 53.9 cm³/mol. The Morgan fingerprint density at radius 2 is 2.38 bits per heavy atom. The third kappa shape index (κ3) is 3.92. The van der Waals surface area contributed by atoms with Crippen LogP contribution in [0.1, 0.15) is 25.7 Å². The van der Waals surface area contributed by atoms with Crippen molar-refractivity contribution in [1.82, 2.24) is 0 Å². The van der Waals surface area contributed by atoms with Crippen molar-refractivity contribution in [3.63, 3.8) is 0 Å². The molecule has 0 heterocycles. The SMILES string of the molecule is N/C=C\C=C/CC1=C[C@@H](F)CCC1. The summed E-state index contributed by atoms with van der Waals surface area (Å²) >= 11 is 0. The van der Waals surface area contributed by atoms with E-state index in [1.54, 1.807) is 12.2 Å². The lowest BCUT2D eigenvalue weighted by Crippen LogP contribution is -2.03. The summed E-state index contributed by atoms with van der Waals surface area (Å²) in [5, 5.41) is 0. The topological polar surface area (TPSA) is 26.0 Å². The van der Waals surface area contributed by atoms with Crippen molar-refractivity contribution in [3.8, 4) is 0 Å². The van der Waals surface area contributed by atoms with Gasteiger partial charge in [-0.05, 0) is 38.0 Å². The fraction of sp³-hybridized carbons (Fsp3) is 0.455. The van der Waals surface area contributed by atoms with Crippen LogP contribution < -0.4 is 5.73 Å². The lowest BCUT2D eigenvalue weighted by atomic mass is 9.96. The summed E-state index contributed by atoms with van der Waals surface area (Å²) < 4.78 is 12.9. The van der Waals surface area contributed by atoms with Crippen molar-refractivity contribution < 1.29 is 4.39 Å². The quantitative estimate of drug-likeness (QED) is 0.526. The van der Waals surface area contributed by atoms with Gasteiger partial charge in [0.1, 0.15) is 6.17 Å². The molecule has 1 aliphatic rings. The van der Waals surface area contributed by atoms with Crippen molar-refractivity contribution in [2.75, 3.05) is 0 Å². The molecule has 1 nitrogen and oxygen atoms in total. The molecule has 13 heavy (non-hydrogen) atoms. The minimum absolute atomic E-state index is 0.690. The predicted octanol–water partition coefficient (Wildman–Crippen LogP) is 2.85. The van der Waals surface area contributed by atoms with E-state index in [9.17, 15) is 4.39 Å². The molecule has 0 aliphatic heterocycles. The van der Waals surface area contributed by atoms with Gasteiger partial charge in [0.25, 0.3) is 0 Å². The minimum Gasteiger partial charge on any atom is -0.405 e. The van der Waals surface area contributed by atoms with E-state index in [1.165, 1.54) is 11.8 Å². The number of halogens is 1. The van der Waals surface area contributed by atoms with Crippen LogP contribution in [0, 0.1) is 0 Å². The first kappa shape index (κ1) is 10.0.